The highest BCUT2D eigenvalue weighted by Crippen LogP contribution is 2.29. The van der Waals surface area contributed by atoms with Crippen molar-refractivity contribution in [1.82, 2.24) is 15.2 Å². The fourth-order valence-electron chi connectivity index (χ4n) is 2.37. The van der Waals surface area contributed by atoms with Gasteiger partial charge < -0.3 is 14.6 Å². The summed E-state index contributed by atoms with van der Waals surface area (Å²) < 4.78 is 5.36. The van der Waals surface area contributed by atoms with Crippen molar-refractivity contribution in [2.45, 2.75) is 65.6 Å². The Labute approximate surface area is 131 Å². The number of carbonyl (C=O) groups is 2. The zero-order valence-corrected chi connectivity index (χ0v) is 13.8. The number of rotatable bonds is 6. The molecule has 0 aromatic carbocycles. The first-order valence-electron chi connectivity index (χ1n) is 7.94. The van der Waals surface area contributed by atoms with E-state index in [-0.39, 0.29) is 35.5 Å². The molecule has 0 saturated heterocycles. The summed E-state index contributed by atoms with van der Waals surface area (Å²) in [6.45, 7) is 8.03. The highest BCUT2D eigenvalue weighted by Gasteiger charge is 2.31. The van der Waals surface area contributed by atoms with E-state index in [1.54, 1.807) is 4.90 Å². The summed E-state index contributed by atoms with van der Waals surface area (Å²) in [5, 5.41) is 2.77. The van der Waals surface area contributed by atoms with Crippen LogP contribution < -0.4 is 5.32 Å². The zero-order chi connectivity index (χ0) is 16.3. The molecule has 6 heteroatoms. The number of nitrogens with one attached hydrogen (secondary N) is 1. The van der Waals surface area contributed by atoms with Crippen LogP contribution in [0.15, 0.2) is 10.7 Å². The van der Waals surface area contributed by atoms with Gasteiger partial charge in [-0.1, -0.05) is 6.42 Å². The fourth-order valence-corrected chi connectivity index (χ4v) is 2.37. The van der Waals surface area contributed by atoms with Gasteiger partial charge in [0.25, 0.3) is 5.91 Å². The van der Waals surface area contributed by atoms with Crippen LogP contribution in [0.2, 0.25) is 0 Å². The molecule has 0 spiro atoms. The first kappa shape index (κ1) is 16.5. The topological polar surface area (TPSA) is 75.4 Å². The Bertz CT molecular complexity index is 532. The molecule has 122 valence electrons. The third-order valence-corrected chi connectivity index (χ3v) is 3.87. The van der Waals surface area contributed by atoms with Gasteiger partial charge in [0.05, 0.1) is 6.54 Å². The minimum atomic E-state index is -0.258. The van der Waals surface area contributed by atoms with Gasteiger partial charge in [-0.25, -0.2) is 4.98 Å². The molecule has 1 aromatic heterocycles. The van der Waals surface area contributed by atoms with E-state index in [9.17, 15) is 9.59 Å². The van der Waals surface area contributed by atoms with E-state index >= 15 is 0 Å². The van der Waals surface area contributed by atoms with E-state index in [2.05, 4.69) is 10.3 Å². The van der Waals surface area contributed by atoms with Gasteiger partial charge in [-0.15, -0.1) is 0 Å². The van der Waals surface area contributed by atoms with E-state index in [0.29, 0.717) is 12.4 Å². The Balaban J connectivity index is 2.02. The number of aromatic nitrogens is 1. The van der Waals surface area contributed by atoms with Gasteiger partial charge in [-0.05, 0) is 40.5 Å². The number of oxazole rings is 1. The lowest BCUT2D eigenvalue weighted by atomic mass is 9.84. The SMILES string of the molecule is CC(C)NC(=O)c1coc(CN(C(=O)C2CCC2)C(C)C)n1. The van der Waals surface area contributed by atoms with Crippen molar-refractivity contribution in [3.63, 3.8) is 0 Å². The van der Waals surface area contributed by atoms with Gasteiger partial charge >= 0.3 is 0 Å². The number of amides is 2. The molecule has 0 atom stereocenters. The van der Waals surface area contributed by atoms with E-state index < -0.39 is 0 Å². The maximum atomic E-state index is 12.4. The van der Waals surface area contributed by atoms with Gasteiger partial charge in [0.2, 0.25) is 11.8 Å². The van der Waals surface area contributed by atoms with Crippen LogP contribution in [0.3, 0.4) is 0 Å². The average molecular weight is 307 g/mol. The lowest BCUT2D eigenvalue weighted by Crippen LogP contribution is -2.42. The molecule has 1 aromatic rings. The first-order chi connectivity index (χ1) is 10.4. The Morgan fingerprint density at radius 2 is 2.05 bits per heavy atom. The fraction of sp³-hybridized carbons (Fsp3) is 0.688. The molecule has 1 fully saturated rings. The van der Waals surface area contributed by atoms with E-state index in [0.717, 1.165) is 19.3 Å². The van der Waals surface area contributed by atoms with E-state index in [1.807, 2.05) is 27.7 Å². The summed E-state index contributed by atoms with van der Waals surface area (Å²) in [5.74, 6) is 0.440. The van der Waals surface area contributed by atoms with Crippen molar-refractivity contribution >= 4 is 11.8 Å². The first-order valence-corrected chi connectivity index (χ1v) is 7.94. The molecule has 6 nitrogen and oxygen atoms in total. The smallest absolute Gasteiger partial charge is 0.273 e. The summed E-state index contributed by atoms with van der Waals surface area (Å²) >= 11 is 0. The molecule has 1 saturated carbocycles. The molecular weight excluding hydrogens is 282 g/mol. The molecule has 0 radical (unpaired) electrons. The summed E-state index contributed by atoms with van der Waals surface area (Å²) in [6, 6.07) is 0.118. The molecule has 2 rings (SSSR count). The molecule has 1 aliphatic carbocycles. The van der Waals surface area contributed by atoms with Crippen molar-refractivity contribution in [2.24, 2.45) is 5.92 Å². The molecule has 22 heavy (non-hydrogen) atoms. The molecule has 2 amide bonds. The minimum absolute atomic E-state index is 0.0417. The average Bonchev–Trinajstić information content (AvgIpc) is 2.81. The standard InChI is InChI=1S/C16H25N3O3/c1-10(2)17-15(20)13-9-22-14(18-13)8-19(11(3)4)16(21)12-6-5-7-12/h9-12H,5-8H2,1-4H3,(H,17,20). The lowest BCUT2D eigenvalue weighted by Gasteiger charge is -2.33. The zero-order valence-electron chi connectivity index (χ0n) is 13.8. The predicted octanol–water partition coefficient (Wildman–Crippen LogP) is 2.35. The van der Waals surface area contributed by atoms with Crippen molar-refractivity contribution in [1.29, 1.82) is 0 Å². The van der Waals surface area contributed by atoms with Crippen molar-refractivity contribution < 1.29 is 14.0 Å². The Kier molecular flexibility index (Phi) is 5.21. The molecule has 0 unspecified atom stereocenters. The maximum Gasteiger partial charge on any atom is 0.273 e. The number of nitrogens with zero attached hydrogens (tertiary/aromatic N) is 2. The van der Waals surface area contributed by atoms with Gasteiger partial charge in [-0.2, -0.15) is 0 Å². The second kappa shape index (κ2) is 6.94. The molecular formula is C16H25N3O3. The van der Waals surface area contributed by atoms with Gasteiger partial charge in [0.1, 0.15) is 6.26 Å². The van der Waals surface area contributed by atoms with Gasteiger partial charge in [-0.3, -0.25) is 9.59 Å². The minimum Gasteiger partial charge on any atom is -0.446 e. The third-order valence-electron chi connectivity index (χ3n) is 3.87. The molecule has 1 aliphatic rings. The summed E-state index contributed by atoms with van der Waals surface area (Å²) in [6.07, 6.45) is 4.41. The Morgan fingerprint density at radius 3 is 2.55 bits per heavy atom. The normalized spacial score (nSPS) is 15.0. The second-order valence-electron chi connectivity index (χ2n) is 6.44. The third kappa shape index (κ3) is 3.87. The Morgan fingerprint density at radius 1 is 1.36 bits per heavy atom. The molecule has 0 aliphatic heterocycles. The molecule has 1 N–H and O–H groups in total. The quantitative estimate of drug-likeness (QED) is 0.875. The summed E-state index contributed by atoms with van der Waals surface area (Å²) in [4.78, 5) is 30.3. The summed E-state index contributed by atoms with van der Waals surface area (Å²) in [7, 11) is 0. The highest BCUT2D eigenvalue weighted by atomic mass is 16.3. The Hall–Kier alpha value is -1.85. The van der Waals surface area contributed by atoms with Crippen LogP contribution in [-0.4, -0.2) is 33.8 Å². The van der Waals surface area contributed by atoms with Crippen molar-refractivity contribution in [3.05, 3.63) is 17.8 Å². The predicted molar refractivity (Wildman–Crippen MR) is 82.1 cm³/mol. The maximum absolute atomic E-state index is 12.4. The van der Waals surface area contributed by atoms with E-state index in [1.165, 1.54) is 6.26 Å². The second-order valence-corrected chi connectivity index (χ2v) is 6.44. The van der Waals surface area contributed by atoms with Crippen LogP contribution >= 0.6 is 0 Å². The van der Waals surface area contributed by atoms with Gasteiger partial charge in [0.15, 0.2) is 5.69 Å². The van der Waals surface area contributed by atoms with Crippen LogP contribution in [0, 0.1) is 5.92 Å². The molecule has 0 bridgehead atoms. The van der Waals surface area contributed by atoms with Crippen LogP contribution in [-0.2, 0) is 11.3 Å². The van der Waals surface area contributed by atoms with Crippen LogP contribution in [0.5, 0.6) is 0 Å². The number of hydrogen-bond acceptors (Lipinski definition) is 4. The van der Waals surface area contributed by atoms with Crippen molar-refractivity contribution in [3.8, 4) is 0 Å². The lowest BCUT2D eigenvalue weighted by molar-refractivity contribution is -0.141. The number of carbonyl (C=O) groups excluding carboxylic acids is 2. The van der Waals surface area contributed by atoms with E-state index in [4.69, 9.17) is 4.42 Å². The van der Waals surface area contributed by atoms with Crippen LogP contribution in [0.25, 0.3) is 0 Å². The largest absolute Gasteiger partial charge is 0.446 e. The summed E-state index contributed by atoms with van der Waals surface area (Å²) in [5.41, 5.74) is 0.253. The molecule has 1 heterocycles. The van der Waals surface area contributed by atoms with Crippen LogP contribution in [0.4, 0.5) is 0 Å². The van der Waals surface area contributed by atoms with Gasteiger partial charge in [0, 0.05) is 18.0 Å². The highest BCUT2D eigenvalue weighted by molar-refractivity contribution is 5.92. The number of hydrogen-bond donors (Lipinski definition) is 1. The van der Waals surface area contributed by atoms with Crippen LogP contribution in [0.1, 0.15) is 63.3 Å². The monoisotopic (exact) mass is 307 g/mol. The van der Waals surface area contributed by atoms with Crippen molar-refractivity contribution in [2.75, 3.05) is 0 Å².